The average Bonchev–Trinajstić information content (AvgIpc) is 3.02. The monoisotopic (exact) mass is 454 g/mol. The minimum Gasteiger partial charge on any atom is -0.394 e. The first-order chi connectivity index (χ1) is 14.6. The largest absolute Gasteiger partial charge is 0.394 e. The van der Waals surface area contributed by atoms with Gasteiger partial charge in [0.1, 0.15) is 48.8 Å². The van der Waals surface area contributed by atoms with Crippen LogP contribution in [0.2, 0.25) is 0 Å². The van der Waals surface area contributed by atoms with Gasteiger partial charge >= 0.3 is 0 Å². The van der Waals surface area contributed by atoms with Gasteiger partial charge in [0.05, 0.1) is 18.8 Å². The second-order valence-electron chi connectivity index (χ2n) is 8.30. The van der Waals surface area contributed by atoms with Crippen LogP contribution in [0.25, 0.3) is 0 Å². The summed E-state index contributed by atoms with van der Waals surface area (Å²) in [6.07, 6.45) is -13.8. The Labute approximate surface area is 178 Å². The van der Waals surface area contributed by atoms with E-state index in [1.54, 1.807) is 0 Å². The Morgan fingerprint density at radius 2 is 1.29 bits per heavy atom. The van der Waals surface area contributed by atoms with E-state index in [2.05, 4.69) is 0 Å². The number of aliphatic hydroxyl groups excluding tert-OH is 6. The second kappa shape index (κ2) is 10.1. The first-order valence-corrected chi connectivity index (χ1v) is 10.2. The van der Waals surface area contributed by atoms with Gasteiger partial charge in [0.15, 0.2) is 12.6 Å². The summed E-state index contributed by atoms with van der Waals surface area (Å²) in [4.78, 5) is 0. The van der Waals surface area contributed by atoms with Crippen LogP contribution in [-0.2, 0) is 18.9 Å². The molecule has 3 rings (SSSR count). The van der Waals surface area contributed by atoms with Gasteiger partial charge in [0.25, 0.3) is 0 Å². The minimum absolute atomic E-state index is 0.114. The van der Waals surface area contributed by atoms with Gasteiger partial charge in [-0.3, -0.25) is 0 Å². The first kappa shape index (κ1) is 25.1. The van der Waals surface area contributed by atoms with E-state index in [4.69, 9.17) is 41.9 Å². The number of ether oxygens (including phenoxy) is 4. The molecule has 1 saturated carbocycles. The smallest absolute Gasteiger partial charge is 0.187 e. The summed E-state index contributed by atoms with van der Waals surface area (Å²) < 4.78 is 22.5. The molecule has 1 aliphatic carbocycles. The highest BCUT2D eigenvalue weighted by Crippen LogP contribution is 2.31. The Kier molecular flexibility index (Phi) is 8.21. The lowest BCUT2D eigenvalue weighted by atomic mass is 9.84. The third-order valence-electron chi connectivity index (χ3n) is 6.13. The Bertz CT molecular complexity index is 591. The summed E-state index contributed by atoms with van der Waals surface area (Å²) in [6, 6.07) is -2.72. The van der Waals surface area contributed by atoms with Gasteiger partial charge in [0, 0.05) is 18.6 Å². The number of hydrogen-bond donors (Lipinski definition) is 10. The van der Waals surface area contributed by atoms with E-state index in [0.717, 1.165) is 0 Å². The summed E-state index contributed by atoms with van der Waals surface area (Å²) in [5.41, 5.74) is 23.6. The van der Waals surface area contributed by atoms with Gasteiger partial charge < -0.3 is 72.5 Å². The van der Waals surface area contributed by atoms with Crippen LogP contribution in [0.3, 0.4) is 0 Å². The van der Waals surface area contributed by atoms with Crippen LogP contribution in [0, 0.1) is 0 Å². The number of aliphatic hydroxyl groups is 6. The molecule has 31 heavy (non-hydrogen) atoms. The van der Waals surface area contributed by atoms with E-state index < -0.39 is 92.2 Å². The van der Waals surface area contributed by atoms with Gasteiger partial charge in [-0.1, -0.05) is 0 Å². The van der Waals surface area contributed by atoms with Crippen molar-refractivity contribution in [3.05, 3.63) is 0 Å². The average molecular weight is 454 g/mol. The molecule has 182 valence electrons. The molecule has 0 aromatic carbocycles. The van der Waals surface area contributed by atoms with Crippen molar-refractivity contribution in [2.24, 2.45) is 22.9 Å². The van der Waals surface area contributed by atoms with Crippen molar-refractivity contribution >= 4 is 0 Å². The molecule has 14 atom stereocenters. The lowest BCUT2D eigenvalue weighted by Crippen LogP contribution is -2.68. The molecule has 2 saturated heterocycles. The van der Waals surface area contributed by atoms with Crippen molar-refractivity contribution in [2.75, 3.05) is 13.2 Å². The quantitative estimate of drug-likeness (QED) is 0.179. The van der Waals surface area contributed by atoms with E-state index in [9.17, 15) is 30.6 Å². The van der Waals surface area contributed by atoms with Gasteiger partial charge in [-0.2, -0.15) is 0 Å². The zero-order valence-corrected chi connectivity index (χ0v) is 16.8. The summed E-state index contributed by atoms with van der Waals surface area (Å²) in [7, 11) is 0. The molecular weight excluding hydrogens is 420 g/mol. The fourth-order valence-electron chi connectivity index (χ4n) is 4.16. The topological polar surface area (TPSA) is 262 Å². The molecule has 14 heteroatoms. The predicted octanol–water partition coefficient (Wildman–Crippen LogP) is -6.65. The summed E-state index contributed by atoms with van der Waals surface area (Å²) in [5.74, 6) is 0. The third-order valence-corrected chi connectivity index (χ3v) is 6.13. The highest BCUT2D eigenvalue weighted by atomic mass is 16.7. The lowest BCUT2D eigenvalue weighted by molar-refractivity contribution is -0.306. The van der Waals surface area contributed by atoms with Gasteiger partial charge in [-0.25, -0.2) is 0 Å². The summed E-state index contributed by atoms with van der Waals surface area (Å²) in [6.45, 7) is -0.673. The van der Waals surface area contributed by atoms with Crippen molar-refractivity contribution in [2.45, 2.75) is 92.1 Å². The van der Waals surface area contributed by atoms with Crippen molar-refractivity contribution in [3.8, 4) is 0 Å². The van der Waals surface area contributed by atoms with Crippen molar-refractivity contribution < 1.29 is 49.6 Å². The number of hydrogen-bond acceptors (Lipinski definition) is 14. The van der Waals surface area contributed by atoms with Gasteiger partial charge in [-0.05, 0) is 6.42 Å². The van der Waals surface area contributed by atoms with Crippen molar-refractivity contribution in [3.63, 3.8) is 0 Å². The highest BCUT2D eigenvalue weighted by Gasteiger charge is 2.52. The molecule has 0 bridgehead atoms. The molecule has 14 N–H and O–H groups in total. The standard InChI is InChI=1S/C17H34N4O10/c18-2-6-10(24)12(26)8(21)16(28-6)30-14-5(20)1-4(19)9(23)15(14)31-17-13(27)11(25)7(3-22)29-17/h4-17,22-27H,1-3,18-21H2/t4?,5?,6?,7?,8?,9?,10?,11?,12?,13?,14?,15-,16-,17?/m0/s1. The Balaban J connectivity index is 1.78. The predicted molar refractivity (Wildman–Crippen MR) is 102 cm³/mol. The van der Waals surface area contributed by atoms with Crippen LogP contribution in [0.1, 0.15) is 6.42 Å². The number of rotatable bonds is 6. The first-order valence-electron chi connectivity index (χ1n) is 10.2. The Hall–Kier alpha value is -0.560. The maximum Gasteiger partial charge on any atom is 0.187 e. The van der Waals surface area contributed by atoms with Gasteiger partial charge in [0.2, 0.25) is 0 Å². The number of nitrogens with two attached hydrogens (primary N) is 4. The third kappa shape index (κ3) is 4.87. The van der Waals surface area contributed by atoms with Crippen LogP contribution in [-0.4, -0.2) is 129 Å². The SMILES string of the molecule is NCC1O[C@@H](OC2C(N)CC(N)C(O)[C@@H]2OC2OC(CO)C(O)C2O)C(N)C(O)C1O. The molecule has 0 aromatic rings. The molecule has 0 spiro atoms. The molecule has 0 radical (unpaired) electrons. The zero-order valence-electron chi connectivity index (χ0n) is 16.8. The summed E-state index contributed by atoms with van der Waals surface area (Å²) in [5, 5.41) is 60.2. The molecule has 2 heterocycles. The molecule has 14 nitrogen and oxygen atoms in total. The van der Waals surface area contributed by atoms with E-state index in [-0.39, 0.29) is 13.0 Å². The van der Waals surface area contributed by atoms with Crippen LogP contribution < -0.4 is 22.9 Å². The van der Waals surface area contributed by atoms with Crippen molar-refractivity contribution in [1.29, 1.82) is 0 Å². The maximum atomic E-state index is 10.6. The molecule has 0 amide bonds. The Morgan fingerprint density at radius 1 is 0.710 bits per heavy atom. The normalized spacial score (nSPS) is 53.6. The second-order valence-corrected chi connectivity index (χ2v) is 8.30. The Morgan fingerprint density at radius 3 is 1.87 bits per heavy atom. The zero-order chi connectivity index (χ0) is 23.0. The van der Waals surface area contributed by atoms with Crippen LogP contribution in [0.4, 0.5) is 0 Å². The summed E-state index contributed by atoms with van der Waals surface area (Å²) >= 11 is 0. The van der Waals surface area contributed by atoms with Crippen LogP contribution >= 0.6 is 0 Å². The molecule has 12 unspecified atom stereocenters. The molecule has 3 fully saturated rings. The van der Waals surface area contributed by atoms with Crippen LogP contribution in [0.5, 0.6) is 0 Å². The van der Waals surface area contributed by atoms with Gasteiger partial charge in [-0.15, -0.1) is 0 Å². The van der Waals surface area contributed by atoms with Crippen molar-refractivity contribution in [1.82, 2.24) is 0 Å². The fraction of sp³-hybridized carbons (Fsp3) is 1.00. The molecule has 2 aliphatic heterocycles. The van der Waals surface area contributed by atoms with E-state index in [0.29, 0.717) is 0 Å². The van der Waals surface area contributed by atoms with E-state index >= 15 is 0 Å². The highest BCUT2D eigenvalue weighted by molar-refractivity contribution is 5.01. The van der Waals surface area contributed by atoms with Crippen LogP contribution in [0.15, 0.2) is 0 Å². The lowest BCUT2D eigenvalue weighted by Gasteiger charge is -2.47. The molecular formula is C17H34N4O10. The fourth-order valence-corrected chi connectivity index (χ4v) is 4.16. The molecule has 3 aliphatic rings. The maximum absolute atomic E-state index is 10.6. The molecule has 0 aromatic heterocycles. The van der Waals surface area contributed by atoms with E-state index in [1.807, 2.05) is 0 Å². The minimum atomic E-state index is -1.51. The van der Waals surface area contributed by atoms with E-state index in [1.165, 1.54) is 0 Å².